The first-order chi connectivity index (χ1) is 7.09. The van der Waals surface area contributed by atoms with Crippen molar-refractivity contribution < 1.29 is 8.42 Å². The summed E-state index contributed by atoms with van der Waals surface area (Å²) in [5.41, 5.74) is 6.22. The maximum atomic E-state index is 11.1. The molecule has 0 saturated carbocycles. The number of anilines is 1. The first-order valence-electron chi connectivity index (χ1n) is 4.71. The Bertz CT molecular complexity index is 490. The molecule has 0 saturated heterocycles. The summed E-state index contributed by atoms with van der Waals surface area (Å²) in [6.07, 6.45) is 0. The Balaban J connectivity index is 3.11. The summed E-state index contributed by atoms with van der Waals surface area (Å²) >= 11 is 1.59. The Morgan fingerprint density at radius 3 is 2.19 bits per heavy atom. The van der Waals surface area contributed by atoms with Crippen LogP contribution in [-0.2, 0) is 10.0 Å². The van der Waals surface area contributed by atoms with Crippen LogP contribution in [0.1, 0.15) is 20.8 Å². The molecule has 0 spiro atoms. The lowest BCUT2D eigenvalue weighted by atomic mass is 10.3. The highest BCUT2D eigenvalue weighted by atomic mass is 32.2. The van der Waals surface area contributed by atoms with E-state index in [4.69, 9.17) is 10.9 Å². The van der Waals surface area contributed by atoms with Gasteiger partial charge < -0.3 is 5.73 Å². The van der Waals surface area contributed by atoms with E-state index < -0.39 is 10.0 Å². The van der Waals surface area contributed by atoms with E-state index in [-0.39, 0.29) is 9.64 Å². The molecule has 6 heteroatoms. The molecule has 0 unspecified atom stereocenters. The normalized spacial score (nSPS) is 12.8. The first-order valence-corrected chi connectivity index (χ1v) is 7.07. The van der Waals surface area contributed by atoms with Gasteiger partial charge in [0.05, 0.1) is 4.90 Å². The number of benzene rings is 1. The van der Waals surface area contributed by atoms with Crippen molar-refractivity contribution in [3.05, 3.63) is 18.2 Å². The Hall–Kier alpha value is -0.720. The molecule has 0 aliphatic rings. The van der Waals surface area contributed by atoms with Gasteiger partial charge in [-0.15, -0.1) is 11.8 Å². The molecule has 16 heavy (non-hydrogen) atoms. The standard InChI is InChI=1S/C10H16N2O2S2/c1-10(2,3)15-9-5-4-7(6-8(9)11)16(12,13)14/h4-6H,11H2,1-3H3,(H2,12,13,14). The largest absolute Gasteiger partial charge is 0.398 e. The summed E-state index contributed by atoms with van der Waals surface area (Å²) < 4.78 is 22.2. The topological polar surface area (TPSA) is 86.2 Å². The van der Waals surface area contributed by atoms with Crippen molar-refractivity contribution in [1.82, 2.24) is 0 Å². The average molecular weight is 260 g/mol. The Morgan fingerprint density at radius 2 is 1.81 bits per heavy atom. The fraction of sp³-hybridized carbons (Fsp3) is 0.400. The Kier molecular flexibility index (Phi) is 3.56. The number of thioether (sulfide) groups is 1. The quantitative estimate of drug-likeness (QED) is 0.627. The van der Waals surface area contributed by atoms with Gasteiger partial charge in [-0.1, -0.05) is 20.8 Å². The van der Waals surface area contributed by atoms with E-state index in [9.17, 15) is 8.42 Å². The van der Waals surface area contributed by atoms with Gasteiger partial charge in [0, 0.05) is 15.3 Å². The van der Waals surface area contributed by atoms with Crippen LogP contribution in [0.4, 0.5) is 5.69 Å². The number of rotatable bonds is 2. The number of hydrogen-bond acceptors (Lipinski definition) is 4. The lowest BCUT2D eigenvalue weighted by molar-refractivity contribution is 0.598. The van der Waals surface area contributed by atoms with Gasteiger partial charge in [-0.25, -0.2) is 13.6 Å². The summed E-state index contributed by atoms with van der Waals surface area (Å²) in [6.45, 7) is 6.18. The van der Waals surface area contributed by atoms with Gasteiger partial charge in [0.2, 0.25) is 10.0 Å². The van der Waals surface area contributed by atoms with Crippen molar-refractivity contribution in [3.8, 4) is 0 Å². The van der Waals surface area contributed by atoms with Gasteiger partial charge in [0.25, 0.3) is 0 Å². The third-order valence-electron chi connectivity index (χ3n) is 1.73. The molecule has 0 radical (unpaired) electrons. The van der Waals surface area contributed by atoms with E-state index >= 15 is 0 Å². The van der Waals surface area contributed by atoms with Crippen LogP contribution in [0.15, 0.2) is 28.0 Å². The molecule has 0 aliphatic heterocycles. The lowest BCUT2D eigenvalue weighted by Crippen LogP contribution is -2.13. The molecular weight excluding hydrogens is 244 g/mol. The van der Waals surface area contributed by atoms with E-state index in [1.807, 2.05) is 0 Å². The molecule has 1 rings (SSSR count). The van der Waals surface area contributed by atoms with Crippen LogP contribution in [0, 0.1) is 0 Å². The van der Waals surface area contributed by atoms with Crippen LogP contribution >= 0.6 is 11.8 Å². The molecule has 0 heterocycles. The van der Waals surface area contributed by atoms with Crippen LogP contribution in [0.3, 0.4) is 0 Å². The Morgan fingerprint density at radius 1 is 1.25 bits per heavy atom. The molecule has 0 atom stereocenters. The molecule has 1 aromatic carbocycles. The van der Waals surface area contributed by atoms with Crippen LogP contribution < -0.4 is 10.9 Å². The first kappa shape index (κ1) is 13.3. The molecule has 0 bridgehead atoms. The van der Waals surface area contributed by atoms with Crippen molar-refractivity contribution >= 4 is 27.5 Å². The molecule has 1 aromatic rings. The maximum absolute atomic E-state index is 11.1. The summed E-state index contributed by atoms with van der Waals surface area (Å²) in [7, 11) is -3.68. The third kappa shape index (κ3) is 3.70. The predicted octanol–water partition coefficient (Wildman–Crippen LogP) is 1.81. The third-order valence-corrected chi connectivity index (χ3v) is 3.84. The number of nitrogens with two attached hydrogens (primary N) is 2. The average Bonchev–Trinajstić information content (AvgIpc) is 2.04. The monoisotopic (exact) mass is 260 g/mol. The van der Waals surface area contributed by atoms with Gasteiger partial charge >= 0.3 is 0 Å². The Labute approximate surface area is 100 Å². The molecular formula is C10H16N2O2S2. The second-order valence-corrected chi connectivity index (χ2v) is 7.89. The van der Waals surface area contributed by atoms with Gasteiger partial charge in [-0.2, -0.15) is 0 Å². The zero-order valence-corrected chi connectivity index (χ0v) is 11.2. The SMILES string of the molecule is CC(C)(C)Sc1ccc(S(N)(=O)=O)cc1N. The minimum Gasteiger partial charge on any atom is -0.398 e. The summed E-state index contributed by atoms with van der Waals surface area (Å²) in [5, 5.41) is 5.01. The van der Waals surface area contributed by atoms with E-state index in [2.05, 4.69) is 20.8 Å². The predicted molar refractivity (Wildman–Crippen MR) is 67.8 cm³/mol. The molecule has 90 valence electrons. The second-order valence-electron chi connectivity index (χ2n) is 4.46. The maximum Gasteiger partial charge on any atom is 0.238 e. The lowest BCUT2D eigenvalue weighted by Gasteiger charge is -2.18. The zero-order valence-electron chi connectivity index (χ0n) is 9.52. The molecule has 0 aliphatic carbocycles. The van der Waals surface area contributed by atoms with Crippen LogP contribution in [0.25, 0.3) is 0 Å². The van der Waals surface area contributed by atoms with Gasteiger partial charge in [-0.3, -0.25) is 0 Å². The van der Waals surface area contributed by atoms with E-state index in [0.717, 1.165) is 4.90 Å². The van der Waals surface area contributed by atoms with Crippen LogP contribution in [0.5, 0.6) is 0 Å². The summed E-state index contributed by atoms with van der Waals surface area (Å²) in [5.74, 6) is 0. The highest BCUT2D eigenvalue weighted by Crippen LogP contribution is 2.36. The van der Waals surface area contributed by atoms with Gasteiger partial charge in [-0.05, 0) is 18.2 Å². The van der Waals surface area contributed by atoms with Crippen molar-refractivity contribution in [1.29, 1.82) is 0 Å². The molecule has 4 N–H and O–H groups in total. The molecule has 4 nitrogen and oxygen atoms in total. The van der Waals surface area contributed by atoms with E-state index in [0.29, 0.717) is 5.69 Å². The van der Waals surface area contributed by atoms with E-state index in [1.165, 1.54) is 12.1 Å². The zero-order chi connectivity index (χ0) is 12.6. The summed E-state index contributed by atoms with van der Waals surface area (Å²) in [6, 6.07) is 4.55. The fourth-order valence-corrected chi connectivity index (χ4v) is 2.65. The number of hydrogen-bond donors (Lipinski definition) is 2. The summed E-state index contributed by atoms with van der Waals surface area (Å²) in [4.78, 5) is 0.906. The molecule has 0 aromatic heterocycles. The molecule has 0 amide bonds. The van der Waals surface area contributed by atoms with Crippen LogP contribution in [-0.4, -0.2) is 13.2 Å². The van der Waals surface area contributed by atoms with E-state index in [1.54, 1.807) is 17.8 Å². The number of sulfonamides is 1. The van der Waals surface area contributed by atoms with Crippen LogP contribution in [0.2, 0.25) is 0 Å². The van der Waals surface area contributed by atoms with Gasteiger partial charge in [0.15, 0.2) is 0 Å². The number of nitrogen functional groups attached to an aromatic ring is 1. The van der Waals surface area contributed by atoms with Crippen molar-refractivity contribution in [2.75, 3.05) is 5.73 Å². The molecule has 0 fully saturated rings. The minimum absolute atomic E-state index is 0.0250. The fourth-order valence-electron chi connectivity index (χ4n) is 1.13. The minimum atomic E-state index is -3.68. The van der Waals surface area contributed by atoms with Crippen molar-refractivity contribution in [2.45, 2.75) is 35.3 Å². The number of primary sulfonamides is 1. The highest BCUT2D eigenvalue weighted by Gasteiger charge is 2.16. The smallest absolute Gasteiger partial charge is 0.238 e. The second kappa shape index (κ2) is 4.27. The highest BCUT2D eigenvalue weighted by molar-refractivity contribution is 8.00. The van der Waals surface area contributed by atoms with Crippen molar-refractivity contribution in [3.63, 3.8) is 0 Å². The van der Waals surface area contributed by atoms with Crippen molar-refractivity contribution in [2.24, 2.45) is 5.14 Å². The van der Waals surface area contributed by atoms with Gasteiger partial charge in [0.1, 0.15) is 0 Å².